The van der Waals surface area contributed by atoms with Crippen LogP contribution in [0.5, 0.6) is 0 Å². The minimum atomic E-state index is -0.0707. The summed E-state index contributed by atoms with van der Waals surface area (Å²) in [7, 11) is 0. The van der Waals surface area contributed by atoms with Crippen LogP contribution in [0.25, 0.3) is 50.8 Å². The third-order valence-electron chi connectivity index (χ3n) is 7.30. The normalized spacial score (nSPS) is 13.5. The molecule has 0 bridgehead atoms. The summed E-state index contributed by atoms with van der Waals surface area (Å²) in [5, 5.41) is 1.17. The second-order valence-corrected chi connectivity index (χ2v) is 9.80. The predicted molar refractivity (Wildman–Crippen MR) is 145 cm³/mol. The zero-order valence-electron chi connectivity index (χ0n) is 20.2. The van der Waals surface area contributed by atoms with Gasteiger partial charge in [0, 0.05) is 33.7 Å². The van der Waals surface area contributed by atoms with Crippen molar-refractivity contribution in [2.45, 2.75) is 19.3 Å². The zero-order valence-corrected chi connectivity index (χ0v) is 20.2. The average molecular weight is 465 g/mol. The van der Waals surface area contributed by atoms with Gasteiger partial charge in [0.2, 0.25) is 5.95 Å². The lowest BCUT2D eigenvalue weighted by Gasteiger charge is -2.21. The third-order valence-corrected chi connectivity index (χ3v) is 7.30. The molecule has 0 saturated heterocycles. The van der Waals surface area contributed by atoms with Crippen LogP contribution in [0.4, 0.5) is 0 Å². The first-order valence-corrected chi connectivity index (χ1v) is 12.2. The van der Waals surface area contributed by atoms with Crippen molar-refractivity contribution in [3.05, 3.63) is 120 Å². The first kappa shape index (κ1) is 20.8. The van der Waals surface area contributed by atoms with Gasteiger partial charge in [0.1, 0.15) is 0 Å². The minimum Gasteiger partial charge on any atom is -0.285 e. The lowest BCUT2D eigenvalue weighted by Crippen LogP contribution is -2.14. The van der Waals surface area contributed by atoms with E-state index in [4.69, 9.17) is 15.0 Å². The highest BCUT2D eigenvalue weighted by molar-refractivity contribution is 6.01. The van der Waals surface area contributed by atoms with Crippen molar-refractivity contribution < 1.29 is 0 Å². The Morgan fingerprint density at radius 3 is 1.86 bits per heavy atom. The van der Waals surface area contributed by atoms with Crippen LogP contribution in [0, 0.1) is 0 Å². The molecular weight excluding hydrogens is 440 g/mol. The maximum absolute atomic E-state index is 4.98. The van der Waals surface area contributed by atoms with E-state index in [0.717, 1.165) is 16.6 Å². The molecule has 36 heavy (non-hydrogen) atoms. The van der Waals surface area contributed by atoms with Crippen molar-refractivity contribution in [2.75, 3.05) is 0 Å². The van der Waals surface area contributed by atoms with Gasteiger partial charge in [-0.2, -0.15) is 9.97 Å². The van der Waals surface area contributed by atoms with Gasteiger partial charge in [-0.25, -0.2) is 4.98 Å². The highest BCUT2D eigenvalue weighted by Crippen LogP contribution is 2.51. The third kappa shape index (κ3) is 3.04. The van der Waals surface area contributed by atoms with Crippen LogP contribution in [0.2, 0.25) is 0 Å². The Morgan fingerprint density at radius 1 is 0.583 bits per heavy atom. The predicted octanol–water partition coefficient (Wildman–Crippen LogP) is 7.46. The first-order chi connectivity index (χ1) is 17.6. The van der Waals surface area contributed by atoms with Gasteiger partial charge in [0.05, 0.1) is 5.52 Å². The smallest absolute Gasteiger partial charge is 0.238 e. The number of nitrogens with zero attached hydrogens (tertiary/aromatic N) is 4. The van der Waals surface area contributed by atoms with Crippen LogP contribution in [-0.2, 0) is 5.41 Å². The summed E-state index contributed by atoms with van der Waals surface area (Å²) in [6.07, 6.45) is 2.08. The quantitative estimate of drug-likeness (QED) is 0.273. The molecular formula is C32H24N4. The molecule has 4 nitrogen and oxygen atoms in total. The first-order valence-electron chi connectivity index (χ1n) is 12.2. The van der Waals surface area contributed by atoms with Crippen molar-refractivity contribution in [3.8, 4) is 39.9 Å². The Bertz CT molecular complexity index is 1690. The second-order valence-electron chi connectivity index (χ2n) is 9.80. The van der Waals surface area contributed by atoms with E-state index in [0.29, 0.717) is 17.6 Å². The maximum Gasteiger partial charge on any atom is 0.238 e. The Morgan fingerprint density at radius 2 is 1.19 bits per heavy atom. The number of rotatable bonds is 3. The standard InChI is InChI=1S/C32H24N4/c1-32(2)25-16-10-9-15-24(25)27-26(32)18-17-21-19-20-36(28(21)27)31-34-29(22-11-5-3-6-12-22)33-30(35-31)23-13-7-4-8-14-23/h3-20H,1-2H3. The van der Waals surface area contributed by atoms with E-state index in [9.17, 15) is 0 Å². The van der Waals surface area contributed by atoms with Crippen molar-refractivity contribution >= 4 is 10.9 Å². The fourth-order valence-corrected chi connectivity index (χ4v) is 5.49. The molecule has 0 N–H and O–H groups in total. The largest absolute Gasteiger partial charge is 0.285 e. The molecule has 0 radical (unpaired) electrons. The summed E-state index contributed by atoms with van der Waals surface area (Å²) in [5.74, 6) is 1.94. The molecule has 0 saturated carbocycles. The summed E-state index contributed by atoms with van der Waals surface area (Å²) in [6, 6.07) is 35.6. The highest BCUT2D eigenvalue weighted by Gasteiger charge is 2.37. The maximum atomic E-state index is 4.98. The summed E-state index contributed by atoms with van der Waals surface area (Å²) >= 11 is 0. The molecule has 6 aromatic rings. The average Bonchev–Trinajstić information content (AvgIpc) is 3.46. The second kappa shape index (κ2) is 7.72. The molecule has 0 spiro atoms. The van der Waals surface area contributed by atoms with Gasteiger partial charge >= 0.3 is 0 Å². The van der Waals surface area contributed by atoms with E-state index in [2.05, 4.69) is 67.1 Å². The van der Waals surface area contributed by atoms with E-state index in [-0.39, 0.29) is 5.41 Å². The zero-order chi connectivity index (χ0) is 24.3. The monoisotopic (exact) mass is 464 g/mol. The van der Waals surface area contributed by atoms with Gasteiger partial charge in [0.15, 0.2) is 11.6 Å². The molecule has 4 heteroatoms. The van der Waals surface area contributed by atoms with E-state index >= 15 is 0 Å². The van der Waals surface area contributed by atoms with Gasteiger partial charge in [0.25, 0.3) is 0 Å². The van der Waals surface area contributed by atoms with Crippen molar-refractivity contribution in [3.63, 3.8) is 0 Å². The van der Waals surface area contributed by atoms with E-state index < -0.39 is 0 Å². The van der Waals surface area contributed by atoms with Crippen LogP contribution in [-0.4, -0.2) is 19.5 Å². The van der Waals surface area contributed by atoms with Crippen LogP contribution >= 0.6 is 0 Å². The summed E-state index contributed by atoms with van der Waals surface area (Å²) in [5.41, 5.74) is 8.22. The van der Waals surface area contributed by atoms with Gasteiger partial charge in [-0.1, -0.05) is 111 Å². The number of hydrogen-bond donors (Lipinski definition) is 0. The molecule has 1 aliphatic carbocycles. The lowest BCUT2D eigenvalue weighted by atomic mass is 9.82. The summed E-state index contributed by atoms with van der Waals surface area (Å²) in [4.78, 5) is 14.8. The SMILES string of the molecule is CC1(C)c2ccccc2-c2c1ccc1ccn(-c3nc(-c4ccccc4)nc(-c4ccccc4)n3)c21. The van der Waals surface area contributed by atoms with Crippen LogP contribution in [0.15, 0.2) is 109 Å². The fourth-order valence-electron chi connectivity index (χ4n) is 5.49. The fraction of sp³-hybridized carbons (Fsp3) is 0.0938. The van der Waals surface area contributed by atoms with E-state index in [1.165, 1.54) is 27.6 Å². The number of aromatic nitrogens is 4. The highest BCUT2D eigenvalue weighted by atomic mass is 15.2. The van der Waals surface area contributed by atoms with E-state index in [1.54, 1.807) is 0 Å². The van der Waals surface area contributed by atoms with Crippen molar-refractivity contribution in [1.82, 2.24) is 19.5 Å². The molecule has 0 aliphatic heterocycles. The molecule has 0 fully saturated rings. The van der Waals surface area contributed by atoms with Gasteiger partial charge in [-0.3, -0.25) is 4.57 Å². The molecule has 2 heterocycles. The van der Waals surface area contributed by atoms with Gasteiger partial charge < -0.3 is 0 Å². The molecule has 0 amide bonds. The van der Waals surface area contributed by atoms with Crippen LogP contribution in [0.3, 0.4) is 0 Å². The summed E-state index contributed by atoms with van der Waals surface area (Å²) in [6.45, 7) is 4.61. The van der Waals surface area contributed by atoms with Crippen LogP contribution < -0.4 is 0 Å². The van der Waals surface area contributed by atoms with Gasteiger partial charge in [-0.05, 0) is 22.8 Å². The Kier molecular flexibility index (Phi) is 4.45. The lowest BCUT2D eigenvalue weighted by molar-refractivity contribution is 0.660. The molecule has 0 atom stereocenters. The molecule has 0 unspecified atom stereocenters. The molecule has 2 aromatic heterocycles. The van der Waals surface area contributed by atoms with E-state index in [1.807, 2.05) is 60.7 Å². The number of benzene rings is 4. The molecule has 7 rings (SSSR count). The number of fused-ring (bicyclic) bond motifs is 5. The Labute approximate surface area is 210 Å². The minimum absolute atomic E-state index is 0.0707. The van der Waals surface area contributed by atoms with Crippen LogP contribution in [0.1, 0.15) is 25.0 Å². The molecule has 172 valence electrons. The number of hydrogen-bond acceptors (Lipinski definition) is 3. The molecule has 1 aliphatic rings. The van der Waals surface area contributed by atoms with Crippen molar-refractivity contribution in [1.29, 1.82) is 0 Å². The van der Waals surface area contributed by atoms with Crippen molar-refractivity contribution in [2.24, 2.45) is 0 Å². The topological polar surface area (TPSA) is 43.6 Å². The Hall–Kier alpha value is -4.57. The van der Waals surface area contributed by atoms with Gasteiger partial charge in [-0.15, -0.1) is 0 Å². The Balaban J connectivity index is 1.53. The molecule has 4 aromatic carbocycles. The summed E-state index contributed by atoms with van der Waals surface area (Å²) < 4.78 is 2.13.